The summed E-state index contributed by atoms with van der Waals surface area (Å²) in [6, 6.07) is 13.1. The molecule has 0 unspecified atom stereocenters. The van der Waals surface area contributed by atoms with Gasteiger partial charge in [0.2, 0.25) is 0 Å². The second-order valence-electron chi connectivity index (χ2n) is 6.85. The number of benzene rings is 2. The van der Waals surface area contributed by atoms with Gasteiger partial charge in [0.1, 0.15) is 11.4 Å². The first-order valence-corrected chi connectivity index (χ1v) is 9.10. The third kappa shape index (κ3) is 4.42. The fraction of sp³-hybridized carbons (Fsp3) is 0.333. The first-order valence-electron chi connectivity index (χ1n) is 9.10. The summed E-state index contributed by atoms with van der Waals surface area (Å²) in [4.78, 5) is 24.8. The number of carboxylic acids is 1. The molecule has 0 aliphatic carbocycles. The van der Waals surface area contributed by atoms with Crippen LogP contribution in [0.2, 0.25) is 0 Å². The van der Waals surface area contributed by atoms with E-state index in [0.717, 1.165) is 5.56 Å². The van der Waals surface area contributed by atoms with E-state index in [9.17, 15) is 9.59 Å². The Bertz CT molecular complexity index is 846. The molecule has 0 atom stereocenters. The summed E-state index contributed by atoms with van der Waals surface area (Å²) >= 11 is 0. The van der Waals surface area contributed by atoms with Gasteiger partial charge in [0.15, 0.2) is 0 Å². The molecule has 2 N–H and O–H groups in total. The second-order valence-corrected chi connectivity index (χ2v) is 6.85. The van der Waals surface area contributed by atoms with Crippen LogP contribution in [-0.4, -0.2) is 42.2 Å². The fourth-order valence-corrected chi connectivity index (χ4v) is 3.31. The molecule has 6 nitrogen and oxygen atoms in total. The summed E-state index contributed by atoms with van der Waals surface area (Å²) in [7, 11) is 1.55. The van der Waals surface area contributed by atoms with Crippen LogP contribution in [0.15, 0.2) is 48.5 Å². The Labute approximate surface area is 162 Å². The maximum atomic E-state index is 15.3. The molecule has 0 saturated carbocycles. The molecular formula is C21H23FN2O4. The van der Waals surface area contributed by atoms with Gasteiger partial charge in [-0.2, -0.15) is 0 Å². The monoisotopic (exact) mass is 386 g/mol. The van der Waals surface area contributed by atoms with Crippen molar-refractivity contribution < 1.29 is 23.8 Å². The molecule has 148 valence electrons. The Kier molecular flexibility index (Phi) is 5.82. The summed E-state index contributed by atoms with van der Waals surface area (Å²) in [6.07, 6.45) is 0.446. The number of alkyl halides is 1. The lowest BCUT2D eigenvalue weighted by atomic mass is 9.86. The van der Waals surface area contributed by atoms with E-state index in [2.05, 4.69) is 5.32 Å². The molecule has 1 heterocycles. The molecule has 2 aromatic rings. The van der Waals surface area contributed by atoms with E-state index < -0.39 is 11.6 Å². The number of carbonyl (C=O) groups excluding carboxylic acids is 1. The number of hydrogen-bond acceptors (Lipinski definition) is 3. The first-order chi connectivity index (χ1) is 13.4. The molecule has 1 fully saturated rings. The molecule has 0 bridgehead atoms. The number of methoxy groups -OCH3 is 1. The highest BCUT2D eigenvalue weighted by molar-refractivity contribution is 5.87. The maximum Gasteiger partial charge on any atom is 0.335 e. The number of rotatable bonds is 5. The Morgan fingerprint density at radius 3 is 2.46 bits per heavy atom. The van der Waals surface area contributed by atoms with Gasteiger partial charge in [0, 0.05) is 32.5 Å². The van der Waals surface area contributed by atoms with E-state index in [-0.39, 0.29) is 31.0 Å². The molecule has 2 aromatic carbocycles. The maximum absolute atomic E-state index is 15.3. The van der Waals surface area contributed by atoms with Crippen LogP contribution in [-0.2, 0) is 12.2 Å². The van der Waals surface area contributed by atoms with E-state index in [1.807, 2.05) is 0 Å². The largest absolute Gasteiger partial charge is 0.497 e. The van der Waals surface area contributed by atoms with E-state index >= 15 is 4.39 Å². The van der Waals surface area contributed by atoms with E-state index in [1.165, 1.54) is 12.1 Å². The van der Waals surface area contributed by atoms with Gasteiger partial charge in [-0.05, 0) is 35.4 Å². The van der Waals surface area contributed by atoms with Crippen molar-refractivity contribution in [1.29, 1.82) is 0 Å². The lowest BCUT2D eigenvalue weighted by Gasteiger charge is -2.36. The SMILES string of the molecule is COc1cccc(C2(F)CCN(C(=O)NCc3ccc(C(=O)O)cc3)CC2)c1. The Balaban J connectivity index is 1.53. The number of urea groups is 1. The lowest BCUT2D eigenvalue weighted by molar-refractivity contribution is 0.0683. The van der Waals surface area contributed by atoms with Crippen LogP contribution >= 0.6 is 0 Å². The topological polar surface area (TPSA) is 78.9 Å². The quantitative estimate of drug-likeness (QED) is 0.824. The molecule has 1 saturated heterocycles. The van der Waals surface area contributed by atoms with Gasteiger partial charge in [-0.1, -0.05) is 24.3 Å². The van der Waals surface area contributed by atoms with Crippen molar-refractivity contribution in [2.75, 3.05) is 20.2 Å². The van der Waals surface area contributed by atoms with E-state index in [4.69, 9.17) is 9.84 Å². The molecule has 1 aliphatic rings. The zero-order chi connectivity index (χ0) is 20.1. The molecule has 0 spiro atoms. The number of nitrogens with one attached hydrogen (secondary N) is 1. The first kappa shape index (κ1) is 19.7. The highest BCUT2D eigenvalue weighted by atomic mass is 19.1. The second kappa shape index (κ2) is 8.29. The summed E-state index contributed by atoms with van der Waals surface area (Å²) in [5.41, 5.74) is 0.0952. The number of ether oxygens (including phenoxy) is 1. The third-order valence-corrected chi connectivity index (χ3v) is 5.07. The normalized spacial score (nSPS) is 15.7. The number of piperidine rings is 1. The number of carboxylic acid groups (broad SMARTS) is 1. The van der Waals surface area contributed by atoms with Crippen LogP contribution in [0.5, 0.6) is 5.75 Å². The fourth-order valence-electron chi connectivity index (χ4n) is 3.31. The number of amides is 2. The van der Waals surface area contributed by atoms with Crippen molar-refractivity contribution in [2.24, 2.45) is 0 Å². The van der Waals surface area contributed by atoms with Crippen LogP contribution in [0.1, 0.15) is 34.3 Å². The van der Waals surface area contributed by atoms with Crippen LogP contribution < -0.4 is 10.1 Å². The van der Waals surface area contributed by atoms with Gasteiger partial charge >= 0.3 is 12.0 Å². The molecule has 7 heteroatoms. The van der Waals surface area contributed by atoms with Crippen molar-refractivity contribution in [3.8, 4) is 5.75 Å². The van der Waals surface area contributed by atoms with Crippen LogP contribution in [0.25, 0.3) is 0 Å². The molecule has 0 radical (unpaired) electrons. The van der Waals surface area contributed by atoms with Crippen molar-refractivity contribution >= 4 is 12.0 Å². The average molecular weight is 386 g/mol. The van der Waals surface area contributed by atoms with Crippen LogP contribution in [0, 0.1) is 0 Å². The van der Waals surface area contributed by atoms with Gasteiger partial charge in [-0.25, -0.2) is 14.0 Å². The van der Waals surface area contributed by atoms with E-state index in [0.29, 0.717) is 24.4 Å². The molecule has 1 aliphatic heterocycles. The molecular weight excluding hydrogens is 363 g/mol. The van der Waals surface area contributed by atoms with Crippen molar-refractivity contribution in [3.05, 3.63) is 65.2 Å². The smallest absolute Gasteiger partial charge is 0.335 e. The number of hydrogen-bond donors (Lipinski definition) is 2. The van der Waals surface area contributed by atoms with Gasteiger partial charge in [-0.15, -0.1) is 0 Å². The number of likely N-dealkylation sites (tertiary alicyclic amines) is 1. The zero-order valence-electron chi connectivity index (χ0n) is 15.7. The number of nitrogens with zero attached hydrogens (tertiary/aromatic N) is 1. The summed E-state index contributed by atoms with van der Waals surface area (Å²) < 4.78 is 20.5. The summed E-state index contributed by atoms with van der Waals surface area (Å²) in [5, 5.41) is 11.7. The Morgan fingerprint density at radius 1 is 1.18 bits per heavy atom. The van der Waals surface area contributed by atoms with E-state index in [1.54, 1.807) is 48.4 Å². The minimum absolute atomic E-state index is 0.197. The zero-order valence-corrected chi connectivity index (χ0v) is 15.7. The minimum atomic E-state index is -1.47. The van der Waals surface area contributed by atoms with Crippen molar-refractivity contribution in [2.45, 2.75) is 25.1 Å². The highest BCUT2D eigenvalue weighted by Gasteiger charge is 2.37. The average Bonchev–Trinajstić information content (AvgIpc) is 2.73. The van der Waals surface area contributed by atoms with Gasteiger partial charge < -0.3 is 20.1 Å². The third-order valence-electron chi connectivity index (χ3n) is 5.07. The molecule has 2 amide bonds. The predicted octanol–water partition coefficient (Wildman–Crippen LogP) is 3.56. The number of carbonyl (C=O) groups is 2. The van der Waals surface area contributed by atoms with Crippen LogP contribution in [0.4, 0.5) is 9.18 Å². The van der Waals surface area contributed by atoms with Crippen LogP contribution in [0.3, 0.4) is 0 Å². The van der Waals surface area contributed by atoms with Gasteiger partial charge in [0.05, 0.1) is 12.7 Å². The molecule has 28 heavy (non-hydrogen) atoms. The lowest BCUT2D eigenvalue weighted by Crippen LogP contribution is -2.47. The van der Waals surface area contributed by atoms with Gasteiger partial charge in [-0.3, -0.25) is 0 Å². The minimum Gasteiger partial charge on any atom is -0.497 e. The Morgan fingerprint density at radius 2 is 1.86 bits per heavy atom. The number of aromatic carboxylic acids is 1. The molecule has 3 rings (SSSR count). The van der Waals surface area contributed by atoms with Crippen molar-refractivity contribution in [1.82, 2.24) is 10.2 Å². The number of halogens is 1. The summed E-state index contributed by atoms with van der Waals surface area (Å²) in [6.45, 7) is 0.918. The predicted molar refractivity (Wildman–Crippen MR) is 102 cm³/mol. The summed E-state index contributed by atoms with van der Waals surface area (Å²) in [5.74, 6) is -0.377. The van der Waals surface area contributed by atoms with Gasteiger partial charge in [0.25, 0.3) is 0 Å². The van der Waals surface area contributed by atoms with Crippen molar-refractivity contribution in [3.63, 3.8) is 0 Å². The Hall–Kier alpha value is -3.09. The standard InChI is InChI=1S/C21H23FN2O4/c1-28-18-4-2-3-17(13-18)21(22)9-11-24(12-10-21)20(27)23-14-15-5-7-16(8-6-15)19(25)26/h2-8,13H,9-12,14H2,1H3,(H,23,27)(H,25,26). The highest BCUT2D eigenvalue weighted by Crippen LogP contribution is 2.38. The molecule has 0 aromatic heterocycles.